The highest BCUT2D eigenvalue weighted by Gasteiger charge is 2.18. The first-order chi connectivity index (χ1) is 7.68. The normalized spacial score (nSPS) is 16.2. The van der Waals surface area contributed by atoms with Crippen LogP contribution in [0, 0.1) is 5.82 Å². The number of hydrogen-bond donors (Lipinski definition) is 0. The molecule has 1 heterocycles. The van der Waals surface area contributed by atoms with Gasteiger partial charge in [-0.25, -0.2) is 4.39 Å². The molecule has 0 unspecified atom stereocenters. The zero-order chi connectivity index (χ0) is 11.5. The number of carbonyl (C=O) groups is 1. The second-order valence-electron chi connectivity index (χ2n) is 3.53. The Bertz CT molecular complexity index is 407. The third-order valence-electron chi connectivity index (χ3n) is 2.46. The maximum atomic E-state index is 13.0. The average molecular weight is 304 g/mol. The summed E-state index contributed by atoms with van der Waals surface area (Å²) in [5.74, 6) is 1.61. The lowest BCUT2D eigenvalue weighted by molar-refractivity contribution is 0.0772. The predicted octanol–water partition coefficient (Wildman–Crippen LogP) is 2.78. The van der Waals surface area contributed by atoms with Gasteiger partial charge < -0.3 is 4.90 Å². The van der Waals surface area contributed by atoms with Crippen LogP contribution in [0.4, 0.5) is 4.39 Å². The fraction of sp³-hybridized carbons (Fsp3) is 0.364. The molecule has 1 aromatic rings. The van der Waals surface area contributed by atoms with Crippen LogP contribution >= 0.6 is 27.7 Å². The van der Waals surface area contributed by atoms with Crippen molar-refractivity contribution in [1.29, 1.82) is 0 Å². The van der Waals surface area contributed by atoms with Crippen molar-refractivity contribution in [2.24, 2.45) is 0 Å². The molecule has 5 heteroatoms. The molecule has 86 valence electrons. The predicted molar refractivity (Wildman–Crippen MR) is 67.3 cm³/mol. The number of halogens is 2. The van der Waals surface area contributed by atoms with Gasteiger partial charge in [0.1, 0.15) is 5.82 Å². The second kappa shape index (κ2) is 5.19. The van der Waals surface area contributed by atoms with E-state index in [1.54, 1.807) is 6.07 Å². The summed E-state index contributed by atoms with van der Waals surface area (Å²) in [5.41, 5.74) is 0.542. The number of hydrogen-bond acceptors (Lipinski definition) is 2. The van der Waals surface area contributed by atoms with Crippen molar-refractivity contribution in [3.05, 3.63) is 34.1 Å². The summed E-state index contributed by atoms with van der Waals surface area (Å²) >= 11 is 4.94. The summed E-state index contributed by atoms with van der Waals surface area (Å²) < 4.78 is 13.4. The van der Waals surface area contributed by atoms with Crippen LogP contribution in [-0.4, -0.2) is 35.4 Å². The zero-order valence-corrected chi connectivity index (χ0v) is 11.0. The van der Waals surface area contributed by atoms with Crippen molar-refractivity contribution in [3.8, 4) is 0 Å². The van der Waals surface area contributed by atoms with E-state index < -0.39 is 0 Å². The molecule has 16 heavy (non-hydrogen) atoms. The lowest BCUT2D eigenvalue weighted by atomic mass is 10.2. The smallest absolute Gasteiger partial charge is 0.253 e. The average Bonchev–Trinajstić information content (AvgIpc) is 2.33. The molecule has 2 nitrogen and oxygen atoms in total. The van der Waals surface area contributed by atoms with E-state index in [4.69, 9.17) is 0 Å². The molecule has 1 saturated heterocycles. The first-order valence-electron chi connectivity index (χ1n) is 5.00. The van der Waals surface area contributed by atoms with Crippen LogP contribution in [0.2, 0.25) is 0 Å². The third-order valence-corrected chi connectivity index (χ3v) is 4.02. The second-order valence-corrected chi connectivity index (χ2v) is 5.61. The highest BCUT2D eigenvalue weighted by atomic mass is 79.9. The van der Waals surface area contributed by atoms with Crippen LogP contribution < -0.4 is 0 Å². The number of thioether (sulfide) groups is 1. The van der Waals surface area contributed by atoms with Crippen LogP contribution in [0.1, 0.15) is 10.4 Å². The standard InChI is InChI=1S/C11H11BrFNOS/c12-9-7-8(1-2-10(9)13)11(15)14-3-5-16-6-4-14/h1-2,7H,3-6H2. The van der Waals surface area contributed by atoms with Crippen LogP contribution in [-0.2, 0) is 0 Å². The summed E-state index contributed by atoms with van der Waals surface area (Å²) in [6.07, 6.45) is 0. The molecule has 0 atom stereocenters. The minimum Gasteiger partial charge on any atom is -0.337 e. The molecule has 1 aliphatic rings. The molecule has 1 aromatic carbocycles. The Balaban J connectivity index is 2.16. The van der Waals surface area contributed by atoms with Gasteiger partial charge in [-0.2, -0.15) is 11.8 Å². The van der Waals surface area contributed by atoms with Crippen molar-refractivity contribution >= 4 is 33.6 Å². The molecule has 0 saturated carbocycles. The number of benzene rings is 1. The molecule has 1 amide bonds. The minimum absolute atomic E-state index is 0.0130. The Morgan fingerprint density at radius 3 is 2.69 bits per heavy atom. The largest absolute Gasteiger partial charge is 0.337 e. The first-order valence-corrected chi connectivity index (χ1v) is 6.95. The van der Waals surface area contributed by atoms with Crippen LogP contribution in [0.5, 0.6) is 0 Å². The lowest BCUT2D eigenvalue weighted by Crippen LogP contribution is -2.37. The Kier molecular flexibility index (Phi) is 3.86. The molecule has 0 radical (unpaired) electrons. The monoisotopic (exact) mass is 303 g/mol. The maximum Gasteiger partial charge on any atom is 0.253 e. The summed E-state index contributed by atoms with van der Waals surface area (Å²) in [6, 6.07) is 4.39. The molecule has 0 N–H and O–H groups in total. The summed E-state index contributed by atoms with van der Waals surface area (Å²) in [6.45, 7) is 1.55. The van der Waals surface area contributed by atoms with Crippen molar-refractivity contribution in [2.75, 3.05) is 24.6 Å². The fourth-order valence-corrected chi connectivity index (χ4v) is 2.86. The Labute approximate surface area is 106 Å². The van der Waals surface area contributed by atoms with E-state index in [0.717, 1.165) is 24.6 Å². The van der Waals surface area contributed by atoms with E-state index in [1.807, 2.05) is 16.7 Å². The lowest BCUT2D eigenvalue weighted by Gasteiger charge is -2.26. The van der Waals surface area contributed by atoms with E-state index in [1.165, 1.54) is 12.1 Å². The number of amides is 1. The molecule has 0 bridgehead atoms. The Morgan fingerprint density at radius 1 is 1.38 bits per heavy atom. The number of carbonyl (C=O) groups excluding carboxylic acids is 1. The molecule has 1 aliphatic heterocycles. The topological polar surface area (TPSA) is 20.3 Å². The molecule has 1 fully saturated rings. The molecule has 0 spiro atoms. The summed E-state index contributed by atoms with van der Waals surface area (Å²) in [7, 11) is 0. The van der Waals surface area contributed by atoms with Gasteiger partial charge in [-0.1, -0.05) is 0 Å². The molecular formula is C11H11BrFNOS. The van der Waals surface area contributed by atoms with Crippen molar-refractivity contribution < 1.29 is 9.18 Å². The van der Waals surface area contributed by atoms with Gasteiger partial charge in [0.2, 0.25) is 0 Å². The van der Waals surface area contributed by atoms with Crippen molar-refractivity contribution in [1.82, 2.24) is 4.90 Å². The molecule has 0 aliphatic carbocycles. The van der Waals surface area contributed by atoms with Gasteiger partial charge in [0.15, 0.2) is 0 Å². The van der Waals surface area contributed by atoms with Gasteiger partial charge in [-0.05, 0) is 34.1 Å². The molecule has 0 aromatic heterocycles. The first kappa shape index (κ1) is 11.9. The van der Waals surface area contributed by atoms with Crippen LogP contribution in [0.15, 0.2) is 22.7 Å². The minimum atomic E-state index is -0.342. The maximum absolute atomic E-state index is 13.0. The van der Waals surface area contributed by atoms with E-state index in [9.17, 15) is 9.18 Å². The van der Waals surface area contributed by atoms with Gasteiger partial charge in [-0.3, -0.25) is 4.79 Å². The van der Waals surface area contributed by atoms with E-state index in [0.29, 0.717) is 10.0 Å². The fourth-order valence-electron chi connectivity index (χ4n) is 1.58. The van der Waals surface area contributed by atoms with Crippen molar-refractivity contribution in [3.63, 3.8) is 0 Å². The Hall–Kier alpha value is -0.550. The van der Waals surface area contributed by atoms with E-state index >= 15 is 0 Å². The van der Waals surface area contributed by atoms with Gasteiger partial charge in [0, 0.05) is 30.2 Å². The van der Waals surface area contributed by atoms with Crippen molar-refractivity contribution in [2.45, 2.75) is 0 Å². The number of nitrogens with zero attached hydrogens (tertiary/aromatic N) is 1. The van der Waals surface area contributed by atoms with Crippen LogP contribution in [0.25, 0.3) is 0 Å². The van der Waals surface area contributed by atoms with Gasteiger partial charge >= 0.3 is 0 Å². The summed E-state index contributed by atoms with van der Waals surface area (Å²) in [4.78, 5) is 13.9. The highest BCUT2D eigenvalue weighted by Crippen LogP contribution is 2.19. The van der Waals surface area contributed by atoms with E-state index in [-0.39, 0.29) is 11.7 Å². The summed E-state index contributed by atoms with van der Waals surface area (Å²) in [5, 5.41) is 0. The quantitative estimate of drug-likeness (QED) is 0.795. The van der Waals surface area contributed by atoms with E-state index in [2.05, 4.69) is 15.9 Å². The Morgan fingerprint density at radius 2 is 2.06 bits per heavy atom. The SMILES string of the molecule is O=C(c1ccc(F)c(Br)c1)N1CCSCC1. The highest BCUT2D eigenvalue weighted by molar-refractivity contribution is 9.10. The third kappa shape index (κ3) is 2.58. The van der Waals surface area contributed by atoms with Crippen LogP contribution in [0.3, 0.4) is 0 Å². The van der Waals surface area contributed by atoms with Gasteiger partial charge in [0.05, 0.1) is 4.47 Å². The number of rotatable bonds is 1. The van der Waals surface area contributed by atoms with Gasteiger partial charge in [-0.15, -0.1) is 0 Å². The molecule has 2 rings (SSSR count). The zero-order valence-electron chi connectivity index (χ0n) is 8.58. The van der Waals surface area contributed by atoms with Gasteiger partial charge in [0.25, 0.3) is 5.91 Å². The molecular weight excluding hydrogens is 293 g/mol.